The predicted molar refractivity (Wildman–Crippen MR) is 79.5 cm³/mol. The monoisotopic (exact) mass is 389 g/mol. The maximum atomic E-state index is 12.1. The van der Waals surface area contributed by atoms with Gasteiger partial charge < -0.3 is 4.57 Å². The molecule has 0 atom stereocenters. The maximum absolute atomic E-state index is 12.1. The van der Waals surface area contributed by atoms with Crippen LogP contribution in [0.4, 0.5) is 0 Å². The summed E-state index contributed by atoms with van der Waals surface area (Å²) < 4.78 is 3.07. The molecular weight excluding hydrogens is 382 g/mol. The summed E-state index contributed by atoms with van der Waals surface area (Å²) in [6.45, 7) is 1.90. The van der Waals surface area contributed by atoms with Crippen molar-refractivity contribution in [3.8, 4) is 0 Å². The molecule has 0 radical (unpaired) electrons. The molecule has 0 fully saturated rings. The van der Waals surface area contributed by atoms with Crippen molar-refractivity contribution in [2.45, 2.75) is 13.5 Å². The smallest absolute Gasteiger partial charge is 0.251 e. The van der Waals surface area contributed by atoms with E-state index in [1.807, 2.05) is 13.0 Å². The van der Waals surface area contributed by atoms with E-state index >= 15 is 0 Å². The highest BCUT2D eigenvalue weighted by Gasteiger charge is 2.14. The van der Waals surface area contributed by atoms with E-state index in [1.165, 1.54) is 22.0 Å². The largest absolute Gasteiger partial charge is 0.308 e. The molecule has 2 aromatic rings. The molecule has 2 rings (SSSR count). The fraction of sp³-hybridized carbons (Fsp3) is 0.167. The van der Waals surface area contributed by atoms with Crippen molar-refractivity contribution in [3.05, 3.63) is 53.4 Å². The van der Waals surface area contributed by atoms with E-state index in [-0.39, 0.29) is 17.9 Å². The Morgan fingerprint density at radius 3 is 2.67 bits per heavy atom. The molecule has 0 unspecified atom stereocenters. The van der Waals surface area contributed by atoms with E-state index in [4.69, 9.17) is 0 Å². The highest BCUT2D eigenvalue weighted by atomic mass is 79.9. The van der Waals surface area contributed by atoms with E-state index < -0.39 is 0 Å². The van der Waals surface area contributed by atoms with E-state index in [2.05, 4.69) is 31.9 Å². The van der Waals surface area contributed by atoms with Gasteiger partial charge in [0.2, 0.25) is 0 Å². The van der Waals surface area contributed by atoms with Crippen LogP contribution in [0.1, 0.15) is 15.9 Å². The van der Waals surface area contributed by atoms with Crippen molar-refractivity contribution in [2.75, 3.05) is 0 Å². The fourth-order valence-corrected chi connectivity index (χ4v) is 4.36. The standard InChI is InChI=1S/C12H9Br2NO2S/c1-7-2-3-15(11(17)4-7)6-9(16)8-5-10(13)18-12(8)14/h2-5H,6H2,1H3. The number of hydrogen-bond donors (Lipinski definition) is 0. The molecule has 2 aromatic heterocycles. The van der Waals surface area contributed by atoms with Gasteiger partial charge in [-0.3, -0.25) is 9.59 Å². The van der Waals surface area contributed by atoms with Gasteiger partial charge in [0.1, 0.15) is 0 Å². The number of aryl methyl sites for hydroxylation is 1. The SMILES string of the molecule is Cc1ccn(CC(=O)c2cc(Br)sc2Br)c(=O)c1. The van der Waals surface area contributed by atoms with Gasteiger partial charge in [-0.25, -0.2) is 0 Å². The average Bonchev–Trinajstić information content (AvgIpc) is 2.62. The Kier molecular flexibility index (Phi) is 4.19. The second-order valence-corrected chi connectivity index (χ2v) is 7.58. The third-order valence-electron chi connectivity index (χ3n) is 2.42. The molecule has 0 N–H and O–H groups in total. The van der Waals surface area contributed by atoms with Crippen LogP contribution in [0, 0.1) is 6.92 Å². The van der Waals surface area contributed by atoms with E-state index in [9.17, 15) is 9.59 Å². The Hall–Kier alpha value is -0.720. The van der Waals surface area contributed by atoms with Gasteiger partial charge in [-0.1, -0.05) is 0 Å². The first kappa shape index (κ1) is 13.7. The molecule has 94 valence electrons. The third kappa shape index (κ3) is 2.99. The zero-order chi connectivity index (χ0) is 13.3. The minimum atomic E-state index is -0.159. The number of halogens is 2. The van der Waals surface area contributed by atoms with Crippen molar-refractivity contribution in [2.24, 2.45) is 0 Å². The third-order valence-corrected chi connectivity index (χ3v) is 4.76. The molecular formula is C12H9Br2NO2S. The molecule has 0 aromatic carbocycles. The van der Waals surface area contributed by atoms with Crippen LogP contribution in [0.5, 0.6) is 0 Å². The Labute approximate surface area is 125 Å². The summed E-state index contributed by atoms with van der Waals surface area (Å²) >= 11 is 8.11. The van der Waals surface area contributed by atoms with Crippen LogP contribution in [0.25, 0.3) is 0 Å². The molecule has 18 heavy (non-hydrogen) atoms. The van der Waals surface area contributed by atoms with Crippen LogP contribution in [-0.4, -0.2) is 10.4 Å². The van der Waals surface area contributed by atoms with Crippen molar-refractivity contribution < 1.29 is 4.79 Å². The lowest BCUT2D eigenvalue weighted by Crippen LogP contribution is -2.23. The summed E-state index contributed by atoms with van der Waals surface area (Å²) in [5.74, 6) is -0.0882. The lowest BCUT2D eigenvalue weighted by molar-refractivity contribution is 0.0970. The highest BCUT2D eigenvalue weighted by Crippen LogP contribution is 2.32. The number of carbonyl (C=O) groups is 1. The number of ketones is 1. The zero-order valence-corrected chi connectivity index (χ0v) is 13.4. The lowest BCUT2D eigenvalue weighted by Gasteiger charge is -2.04. The molecule has 0 aliphatic carbocycles. The number of nitrogens with zero attached hydrogens (tertiary/aromatic N) is 1. The number of hydrogen-bond acceptors (Lipinski definition) is 3. The first-order valence-electron chi connectivity index (χ1n) is 5.12. The van der Waals surface area contributed by atoms with Gasteiger partial charge in [0.15, 0.2) is 5.78 Å². The number of aromatic nitrogens is 1. The molecule has 0 amide bonds. The number of thiophene rings is 1. The molecule has 0 aliphatic heterocycles. The number of rotatable bonds is 3. The van der Waals surface area contributed by atoms with E-state index in [0.29, 0.717) is 5.56 Å². The first-order chi connectivity index (χ1) is 8.47. The molecule has 0 saturated heterocycles. The van der Waals surface area contributed by atoms with Gasteiger partial charge in [-0.05, 0) is 56.5 Å². The van der Waals surface area contributed by atoms with Gasteiger partial charge >= 0.3 is 0 Å². The second kappa shape index (κ2) is 5.50. The fourth-order valence-electron chi connectivity index (χ4n) is 1.51. The van der Waals surface area contributed by atoms with Crippen molar-refractivity contribution in [3.63, 3.8) is 0 Å². The summed E-state index contributed by atoms with van der Waals surface area (Å²) in [6.07, 6.45) is 1.64. The van der Waals surface area contributed by atoms with Crippen LogP contribution in [0.15, 0.2) is 36.8 Å². The zero-order valence-electron chi connectivity index (χ0n) is 9.44. The van der Waals surface area contributed by atoms with E-state index in [0.717, 1.165) is 13.1 Å². The van der Waals surface area contributed by atoms with Crippen molar-refractivity contribution in [1.29, 1.82) is 0 Å². The van der Waals surface area contributed by atoms with Crippen molar-refractivity contribution >= 4 is 49.0 Å². The van der Waals surface area contributed by atoms with Crippen LogP contribution in [-0.2, 0) is 6.54 Å². The Balaban J connectivity index is 2.27. The maximum Gasteiger partial charge on any atom is 0.251 e. The predicted octanol–water partition coefficient (Wildman–Crippen LogP) is 3.63. The van der Waals surface area contributed by atoms with Crippen LogP contribution in [0.2, 0.25) is 0 Å². The molecule has 0 bridgehead atoms. The number of Topliss-reactive ketones (excluding diaryl/α,β-unsaturated/α-hetero) is 1. The minimum absolute atomic E-state index is 0.0564. The number of carbonyl (C=O) groups excluding carboxylic acids is 1. The molecule has 0 saturated carbocycles. The molecule has 0 spiro atoms. The summed E-state index contributed by atoms with van der Waals surface area (Å²) in [5, 5.41) is 0. The molecule has 0 aliphatic rings. The average molecular weight is 391 g/mol. The first-order valence-corrected chi connectivity index (χ1v) is 7.53. The van der Waals surface area contributed by atoms with Gasteiger partial charge in [-0.15, -0.1) is 11.3 Å². The molecule has 2 heterocycles. The summed E-state index contributed by atoms with van der Waals surface area (Å²) in [7, 11) is 0. The highest BCUT2D eigenvalue weighted by molar-refractivity contribution is 9.12. The van der Waals surface area contributed by atoms with Gasteiger partial charge in [0, 0.05) is 17.8 Å². The number of pyridine rings is 1. The van der Waals surface area contributed by atoms with Gasteiger partial charge in [0.05, 0.1) is 14.1 Å². The molecule has 3 nitrogen and oxygen atoms in total. The summed E-state index contributed by atoms with van der Waals surface area (Å²) in [5.41, 5.74) is 1.33. The summed E-state index contributed by atoms with van der Waals surface area (Å²) in [6, 6.07) is 5.09. The topological polar surface area (TPSA) is 39.1 Å². The van der Waals surface area contributed by atoms with Crippen molar-refractivity contribution in [1.82, 2.24) is 4.57 Å². The Bertz CT molecular complexity index is 660. The van der Waals surface area contributed by atoms with Gasteiger partial charge in [-0.2, -0.15) is 0 Å². The van der Waals surface area contributed by atoms with E-state index in [1.54, 1.807) is 12.3 Å². The van der Waals surface area contributed by atoms with Crippen LogP contribution >= 0.6 is 43.2 Å². The van der Waals surface area contributed by atoms with Crippen LogP contribution < -0.4 is 5.56 Å². The Morgan fingerprint density at radius 2 is 2.11 bits per heavy atom. The quantitative estimate of drug-likeness (QED) is 0.750. The second-order valence-electron chi connectivity index (χ2n) is 3.83. The van der Waals surface area contributed by atoms with Crippen LogP contribution in [0.3, 0.4) is 0 Å². The normalized spacial score (nSPS) is 10.6. The Morgan fingerprint density at radius 1 is 1.39 bits per heavy atom. The minimum Gasteiger partial charge on any atom is -0.308 e. The molecule has 6 heteroatoms. The summed E-state index contributed by atoms with van der Waals surface area (Å²) in [4.78, 5) is 23.8. The van der Waals surface area contributed by atoms with Gasteiger partial charge in [0.25, 0.3) is 5.56 Å². The lowest BCUT2D eigenvalue weighted by atomic mass is 10.2.